The van der Waals surface area contributed by atoms with Crippen molar-refractivity contribution in [2.75, 3.05) is 7.11 Å². The van der Waals surface area contributed by atoms with E-state index < -0.39 is 32.5 Å². The van der Waals surface area contributed by atoms with Crippen LogP contribution < -0.4 is 5.14 Å². The molecule has 0 aliphatic heterocycles. The maximum atomic E-state index is 13.1. The smallest absolute Gasteiger partial charge is 0.343 e. The average Bonchev–Trinajstić information content (AvgIpc) is 2.82. The second kappa shape index (κ2) is 4.98. The highest BCUT2D eigenvalue weighted by atomic mass is 32.2. The van der Waals surface area contributed by atoms with Gasteiger partial charge in [-0.1, -0.05) is 6.07 Å². The van der Waals surface area contributed by atoms with Gasteiger partial charge in [0.05, 0.1) is 12.8 Å². The lowest BCUT2D eigenvalue weighted by molar-refractivity contribution is 0.0597. The van der Waals surface area contributed by atoms with E-state index in [1.54, 1.807) is 0 Å². The Morgan fingerprint density at radius 3 is 2.70 bits per heavy atom. The zero-order valence-electron chi connectivity index (χ0n) is 10.1. The molecule has 0 radical (unpaired) electrons. The summed E-state index contributed by atoms with van der Waals surface area (Å²) in [4.78, 5) is 15.2. The molecule has 0 bridgehead atoms. The summed E-state index contributed by atoms with van der Waals surface area (Å²) in [6.07, 6.45) is 0. The summed E-state index contributed by atoms with van der Waals surface area (Å²) >= 11 is 0. The number of nitrogens with zero attached hydrogens (tertiary/aromatic N) is 2. The summed E-state index contributed by atoms with van der Waals surface area (Å²) < 4.78 is 40.4. The zero-order valence-corrected chi connectivity index (χ0v) is 10.9. The first-order chi connectivity index (χ1) is 9.34. The molecule has 3 N–H and O–H groups in total. The molecule has 2 rings (SSSR count). The Morgan fingerprint density at radius 2 is 2.15 bits per heavy atom. The highest BCUT2D eigenvalue weighted by Crippen LogP contribution is 2.25. The molecule has 20 heavy (non-hydrogen) atoms. The van der Waals surface area contributed by atoms with Gasteiger partial charge in [-0.3, -0.25) is 5.10 Å². The molecule has 0 saturated carbocycles. The van der Waals surface area contributed by atoms with E-state index in [2.05, 4.69) is 19.9 Å². The van der Waals surface area contributed by atoms with Gasteiger partial charge in [-0.05, 0) is 12.1 Å². The Morgan fingerprint density at radius 1 is 1.45 bits per heavy atom. The largest absolute Gasteiger partial charge is 0.465 e. The van der Waals surface area contributed by atoms with Gasteiger partial charge in [0, 0.05) is 0 Å². The lowest BCUT2D eigenvalue weighted by Gasteiger charge is -2.02. The van der Waals surface area contributed by atoms with Gasteiger partial charge in [0.2, 0.25) is 5.95 Å². The van der Waals surface area contributed by atoms with Crippen LogP contribution in [0.1, 0.15) is 10.4 Å². The molecule has 0 amide bonds. The standard InChI is InChI=1S/C10H9FN4O4S/c1-19-10(16)7-8(5-3-2-4-6(11)13-5)14-15-9(7)20(12,17)18/h2-4H,1H3,(H,14,15)(H2,12,17,18). The predicted octanol–water partition coefficient (Wildman–Crippen LogP) is 0.0448. The summed E-state index contributed by atoms with van der Waals surface area (Å²) in [5.74, 6) is -1.79. The summed E-state index contributed by atoms with van der Waals surface area (Å²) in [5.41, 5.74) is -0.620. The number of aromatic nitrogens is 3. The average molecular weight is 300 g/mol. The van der Waals surface area contributed by atoms with Crippen molar-refractivity contribution in [2.24, 2.45) is 5.14 Å². The molecule has 0 aliphatic carbocycles. The van der Waals surface area contributed by atoms with Crippen LogP contribution in [-0.2, 0) is 14.8 Å². The lowest BCUT2D eigenvalue weighted by Crippen LogP contribution is -2.17. The third kappa shape index (κ3) is 2.51. The number of nitrogens with one attached hydrogen (secondary N) is 1. The highest BCUT2D eigenvalue weighted by Gasteiger charge is 2.29. The molecule has 0 aliphatic rings. The maximum Gasteiger partial charge on any atom is 0.343 e. The van der Waals surface area contributed by atoms with Crippen molar-refractivity contribution in [3.63, 3.8) is 0 Å². The number of sulfonamides is 1. The minimum absolute atomic E-state index is 0.0310. The van der Waals surface area contributed by atoms with Crippen LogP contribution in [0.3, 0.4) is 0 Å². The molecular weight excluding hydrogens is 291 g/mol. The number of nitrogens with two attached hydrogens (primary N) is 1. The monoisotopic (exact) mass is 300 g/mol. The van der Waals surface area contributed by atoms with Crippen LogP contribution in [0.5, 0.6) is 0 Å². The highest BCUT2D eigenvalue weighted by molar-refractivity contribution is 7.89. The lowest BCUT2D eigenvalue weighted by atomic mass is 10.2. The van der Waals surface area contributed by atoms with Gasteiger partial charge >= 0.3 is 5.97 Å². The molecule has 0 saturated heterocycles. The van der Waals surface area contributed by atoms with Gasteiger partial charge < -0.3 is 4.74 Å². The number of methoxy groups -OCH3 is 1. The summed E-state index contributed by atoms with van der Waals surface area (Å²) in [7, 11) is -3.17. The summed E-state index contributed by atoms with van der Waals surface area (Å²) in [5, 5.41) is 10.1. The van der Waals surface area contributed by atoms with Crippen LogP contribution in [0.25, 0.3) is 11.4 Å². The second-order valence-corrected chi connectivity index (χ2v) is 5.16. The van der Waals surface area contributed by atoms with Gasteiger partial charge in [0.25, 0.3) is 10.0 Å². The number of carbonyl (C=O) groups is 1. The number of rotatable bonds is 3. The van der Waals surface area contributed by atoms with Crippen molar-refractivity contribution in [3.8, 4) is 11.4 Å². The molecule has 0 atom stereocenters. The Hall–Kier alpha value is -2.33. The van der Waals surface area contributed by atoms with Crippen LogP contribution in [0.4, 0.5) is 4.39 Å². The van der Waals surface area contributed by atoms with Crippen molar-refractivity contribution in [2.45, 2.75) is 5.03 Å². The molecule has 2 aromatic rings. The topological polar surface area (TPSA) is 128 Å². The van der Waals surface area contributed by atoms with E-state index >= 15 is 0 Å². The van der Waals surface area contributed by atoms with Crippen molar-refractivity contribution in [3.05, 3.63) is 29.7 Å². The Kier molecular flexibility index (Phi) is 3.51. The second-order valence-electron chi connectivity index (χ2n) is 3.66. The fourth-order valence-electron chi connectivity index (χ4n) is 1.55. The number of pyridine rings is 1. The Labute approximate surface area is 112 Å². The van der Waals surface area contributed by atoms with Gasteiger partial charge in [0.15, 0.2) is 5.03 Å². The first kappa shape index (κ1) is 14.1. The number of primary sulfonamides is 1. The molecule has 0 fully saturated rings. The van der Waals surface area contributed by atoms with E-state index in [0.717, 1.165) is 13.2 Å². The third-order valence-electron chi connectivity index (χ3n) is 2.36. The summed E-state index contributed by atoms with van der Waals surface area (Å²) in [6.45, 7) is 0. The molecule has 0 unspecified atom stereocenters. The third-order valence-corrected chi connectivity index (χ3v) is 3.23. The van der Waals surface area contributed by atoms with Gasteiger partial charge in [-0.25, -0.2) is 23.3 Å². The van der Waals surface area contributed by atoms with E-state index in [1.807, 2.05) is 0 Å². The fraction of sp³-hybridized carbons (Fsp3) is 0.100. The fourth-order valence-corrected chi connectivity index (χ4v) is 2.19. The normalized spacial score (nSPS) is 11.3. The van der Waals surface area contributed by atoms with Crippen LogP contribution in [0.15, 0.2) is 23.2 Å². The first-order valence-electron chi connectivity index (χ1n) is 5.17. The van der Waals surface area contributed by atoms with Gasteiger partial charge in [-0.2, -0.15) is 9.49 Å². The molecule has 0 aromatic carbocycles. The molecule has 8 nitrogen and oxygen atoms in total. The van der Waals surface area contributed by atoms with Crippen molar-refractivity contribution >= 4 is 16.0 Å². The van der Waals surface area contributed by atoms with Crippen LogP contribution in [0, 0.1) is 5.95 Å². The SMILES string of the molecule is COC(=O)c1c(-c2cccc(F)n2)n[nH]c1S(N)(=O)=O. The van der Waals surface area contributed by atoms with Gasteiger partial charge in [0.1, 0.15) is 11.3 Å². The number of aromatic amines is 1. The Balaban J connectivity index is 2.72. The van der Waals surface area contributed by atoms with E-state index in [0.29, 0.717) is 0 Å². The molecule has 2 heterocycles. The number of hydrogen-bond acceptors (Lipinski definition) is 6. The van der Waals surface area contributed by atoms with Gasteiger partial charge in [-0.15, -0.1) is 0 Å². The van der Waals surface area contributed by atoms with Crippen molar-refractivity contribution in [1.29, 1.82) is 0 Å². The Bertz CT molecular complexity index is 771. The number of carbonyl (C=O) groups excluding carboxylic acids is 1. The number of halogens is 1. The zero-order chi connectivity index (χ0) is 14.9. The van der Waals surface area contributed by atoms with E-state index in [9.17, 15) is 17.6 Å². The van der Waals surface area contributed by atoms with Crippen molar-refractivity contribution in [1.82, 2.24) is 15.2 Å². The van der Waals surface area contributed by atoms with Crippen molar-refractivity contribution < 1.29 is 22.3 Å². The first-order valence-corrected chi connectivity index (χ1v) is 6.71. The quantitative estimate of drug-likeness (QED) is 0.608. The molecule has 106 valence electrons. The molecular formula is C10H9FN4O4S. The summed E-state index contributed by atoms with van der Waals surface area (Å²) in [6, 6.07) is 3.79. The number of H-pyrrole nitrogens is 1. The van der Waals surface area contributed by atoms with Crippen LogP contribution in [0.2, 0.25) is 0 Å². The maximum absolute atomic E-state index is 13.1. The number of esters is 1. The van der Waals surface area contributed by atoms with Crippen LogP contribution >= 0.6 is 0 Å². The van der Waals surface area contributed by atoms with E-state index in [-0.39, 0.29) is 11.4 Å². The minimum Gasteiger partial charge on any atom is -0.465 e. The molecule has 0 spiro atoms. The number of ether oxygens (including phenoxy) is 1. The van der Waals surface area contributed by atoms with Crippen LogP contribution in [-0.4, -0.2) is 36.7 Å². The molecule has 10 heteroatoms. The predicted molar refractivity (Wildman–Crippen MR) is 64.5 cm³/mol. The van der Waals surface area contributed by atoms with E-state index in [4.69, 9.17) is 5.14 Å². The van der Waals surface area contributed by atoms with E-state index in [1.165, 1.54) is 12.1 Å². The number of hydrogen-bond donors (Lipinski definition) is 2. The molecule has 2 aromatic heterocycles. The minimum atomic E-state index is -4.23.